The number of nitrogens with zero attached hydrogens (tertiary/aromatic N) is 4. The molecule has 0 atom stereocenters. The largest absolute Gasteiger partial charge is 0.423 e. The molecule has 0 amide bonds. The second-order valence-electron chi connectivity index (χ2n) is 19.6. The van der Waals surface area contributed by atoms with Crippen molar-refractivity contribution in [3.8, 4) is 35.1 Å². The molecule has 0 saturated carbocycles. The second kappa shape index (κ2) is 32.0. The molecule has 0 aromatic heterocycles. The van der Waals surface area contributed by atoms with Gasteiger partial charge in [-0.3, -0.25) is 0 Å². The summed E-state index contributed by atoms with van der Waals surface area (Å²) in [5, 5.41) is 17.7. The van der Waals surface area contributed by atoms with Crippen molar-refractivity contribution < 1.29 is 46.9 Å². The van der Waals surface area contributed by atoms with Crippen molar-refractivity contribution in [3.63, 3.8) is 0 Å². The lowest BCUT2D eigenvalue weighted by Gasteiger charge is -2.07. The van der Waals surface area contributed by atoms with Gasteiger partial charge in [-0.05, 0) is 183 Å². The number of rotatable bonds is 24. The molecule has 0 aliphatic carbocycles. The number of aryl methyl sites for hydroxylation is 4. The fourth-order valence-corrected chi connectivity index (χ4v) is 8.75. The van der Waals surface area contributed by atoms with E-state index in [1.807, 2.05) is 54.6 Å². The molecule has 0 radical (unpaired) electrons. The molecule has 0 heterocycles. The predicted octanol–water partition coefficient (Wildman–Crippen LogP) is 16.8. The fourth-order valence-electron chi connectivity index (χ4n) is 8.75. The van der Waals surface area contributed by atoms with Gasteiger partial charge in [0.2, 0.25) is 5.69 Å². The smallest absolute Gasteiger partial charge is 0.343 e. The summed E-state index contributed by atoms with van der Waals surface area (Å²) in [4.78, 5) is 55.8. The lowest BCUT2D eigenvalue weighted by Crippen LogP contribution is -2.08. The van der Waals surface area contributed by atoms with Gasteiger partial charge in [0.15, 0.2) is 5.69 Å². The number of nitriles is 2. The Hall–Kier alpha value is -10.5. The Morgan fingerprint density at radius 1 is 0.369 bits per heavy atom. The molecule has 0 saturated heterocycles. The summed E-state index contributed by atoms with van der Waals surface area (Å²) in [5.74, 6) is -2.54. The van der Waals surface area contributed by atoms with Crippen LogP contribution < -0.4 is 18.9 Å². The number of halogens is 2. The van der Waals surface area contributed by atoms with Crippen LogP contribution in [0.1, 0.15) is 139 Å². The van der Waals surface area contributed by atoms with Gasteiger partial charge in [0.05, 0.1) is 52.6 Å². The van der Waals surface area contributed by atoms with Gasteiger partial charge in [-0.25, -0.2) is 37.6 Å². The van der Waals surface area contributed by atoms with Crippen molar-refractivity contribution in [1.29, 1.82) is 10.5 Å². The van der Waals surface area contributed by atoms with Crippen molar-refractivity contribution in [2.75, 3.05) is 0 Å². The number of benzene rings is 8. The van der Waals surface area contributed by atoms with E-state index >= 15 is 0 Å². The Morgan fingerprint density at radius 2 is 0.690 bits per heavy atom. The van der Waals surface area contributed by atoms with Crippen LogP contribution in [0.4, 0.5) is 20.2 Å². The van der Waals surface area contributed by atoms with Crippen LogP contribution in [0.25, 0.3) is 9.69 Å². The molecule has 8 aromatic rings. The molecule has 0 unspecified atom stereocenters. The van der Waals surface area contributed by atoms with Crippen molar-refractivity contribution in [2.24, 2.45) is 0 Å². The maximum Gasteiger partial charge on any atom is 0.343 e. The minimum atomic E-state index is -0.736. The lowest BCUT2D eigenvalue weighted by atomic mass is 10.0. The van der Waals surface area contributed by atoms with Crippen LogP contribution in [0.15, 0.2) is 182 Å². The maximum absolute atomic E-state index is 13.7. The Labute approximate surface area is 487 Å². The highest BCUT2D eigenvalue weighted by Gasteiger charge is 2.15. The van der Waals surface area contributed by atoms with Crippen molar-refractivity contribution in [2.45, 2.75) is 89.9 Å². The van der Waals surface area contributed by atoms with Gasteiger partial charge in [-0.15, -0.1) is 0 Å². The van der Waals surface area contributed by atoms with Gasteiger partial charge in [-0.1, -0.05) is 99.2 Å². The zero-order valence-electron chi connectivity index (χ0n) is 46.0. The van der Waals surface area contributed by atoms with E-state index in [9.17, 15) is 28.0 Å². The van der Waals surface area contributed by atoms with Crippen LogP contribution in [0, 0.1) is 47.4 Å². The van der Waals surface area contributed by atoms with Gasteiger partial charge in [-0.2, -0.15) is 10.5 Å². The summed E-state index contributed by atoms with van der Waals surface area (Å²) < 4.78 is 48.6. The predicted molar refractivity (Wildman–Crippen MR) is 314 cm³/mol. The van der Waals surface area contributed by atoms with Crippen molar-refractivity contribution >= 4 is 35.3 Å². The number of hydrogen-bond donors (Lipinski definition) is 0. The number of esters is 4. The molecule has 8 aromatic carbocycles. The second-order valence-corrected chi connectivity index (χ2v) is 19.6. The molecule has 0 aliphatic rings. The van der Waals surface area contributed by atoms with Crippen molar-refractivity contribution in [1.82, 2.24) is 0 Å². The monoisotopic (exact) mass is 1120 g/mol. The molecular weight excluding hydrogens is 1060 g/mol. The lowest BCUT2D eigenvalue weighted by molar-refractivity contribution is 0.0724. The number of unbranched alkanes of at least 4 members (excludes halogenated alkanes) is 8. The van der Waals surface area contributed by atoms with Gasteiger partial charge < -0.3 is 18.9 Å². The molecule has 0 fully saturated rings. The van der Waals surface area contributed by atoms with Crippen LogP contribution in [0.5, 0.6) is 23.0 Å². The van der Waals surface area contributed by atoms with Crippen LogP contribution in [-0.2, 0) is 25.7 Å². The average molecular weight is 1120 g/mol. The minimum Gasteiger partial charge on any atom is -0.423 e. The highest BCUT2D eigenvalue weighted by Crippen LogP contribution is 2.25. The topological polar surface area (TPSA) is 161 Å². The van der Waals surface area contributed by atoms with E-state index in [0.717, 1.165) is 113 Å². The molecule has 0 bridgehead atoms. The summed E-state index contributed by atoms with van der Waals surface area (Å²) in [5.41, 5.74) is 7.13. The third kappa shape index (κ3) is 19.3. The SMILES string of the molecule is [C-]#[N+]c1ccc(OC(=O)c2ccc(CCCCCCCc3ccc(C(=O)Oc4ccc(C#N)c(F)c4)cc3)cc2)cc1F.[C-]#[N+]c1ccc(OC(=O)c2ccc(CCCCCCCc3ccc(C(=O)Oc4ccc(C#N)cc4)cc3)cc2)cc1. The van der Waals surface area contributed by atoms with Crippen LogP contribution in [0.3, 0.4) is 0 Å². The highest BCUT2D eigenvalue weighted by atomic mass is 19.1. The summed E-state index contributed by atoms with van der Waals surface area (Å²) in [6.45, 7) is 13.9. The highest BCUT2D eigenvalue weighted by molar-refractivity contribution is 5.93. The first-order chi connectivity index (χ1) is 40.9. The van der Waals surface area contributed by atoms with E-state index in [1.165, 1.54) is 35.4 Å². The molecule has 14 heteroatoms. The summed E-state index contributed by atoms with van der Waals surface area (Å²) >= 11 is 0. The molecule has 84 heavy (non-hydrogen) atoms. The number of ether oxygens (including phenoxy) is 4. The van der Waals surface area contributed by atoms with Crippen LogP contribution in [-0.4, -0.2) is 23.9 Å². The molecule has 0 N–H and O–H groups in total. The maximum atomic E-state index is 13.7. The van der Waals surface area contributed by atoms with E-state index in [2.05, 4.69) is 9.69 Å². The summed E-state index contributed by atoms with van der Waals surface area (Å²) in [6.07, 6.45) is 14.6. The Morgan fingerprint density at radius 3 is 1.01 bits per heavy atom. The van der Waals surface area contributed by atoms with E-state index in [4.69, 9.17) is 42.6 Å². The quantitative estimate of drug-likeness (QED) is 0.0246. The molecule has 0 spiro atoms. The fraction of sp³-hybridized carbons (Fsp3) is 0.200. The standard InChI is InChI=1S/C35H28F2N2O4.C35H30N2O4/c1-39-33-20-19-30(22-32(33)37)43-35(41)27-15-11-25(12-16-27)8-6-4-2-3-5-7-24-9-13-26(14-10-24)34(40)42-29-18-17-28(23-38)31(36)21-29;1-37-31-19-23-33(24-20-31)41-35(39)30-17-11-27(12-18-30)8-6-4-2-3-5-7-26-9-15-29(16-10-26)34(38)40-32-21-13-28(25-36)14-22-32/h9-22H,2-8H2;9-24H,2-8H2. The molecule has 420 valence electrons. The first-order valence-electron chi connectivity index (χ1n) is 27.5. The Balaban J connectivity index is 0.000000241. The van der Waals surface area contributed by atoms with Gasteiger partial charge in [0.25, 0.3) is 0 Å². The Kier molecular flexibility index (Phi) is 23.3. The first kappa shape index (κ1) is 61.1. The zero-order valence-corrected chi connectivity index (χ0v) is 46.0. The first-order valence-corrected chi connectivity index (χ1v) is 27.5. The summed E-state index contributed by atoms with van der Waals surface area (Å²) in [7, 11) is 0. The van der Waals surface area contributed by atoms with E-state index in [0.29, 0.717) is 45.0 Å². The minimum absolute atomic E-state index is 0.0444. The molecular formula is C70H58F2N4O8. The van der Waals surface area contributed by atoms with Gasteiger partial charge >= 0.3 is 23.9 Å². The third-order valence-corrected chi connectivity index (χ3v) is 13.5. The number of hydrogen-bond acceptors (Lipinski definition) is 10. The zero-order chi connectivity index (χ0) is 59.5. The summed E-state index contributed by atoms with van der Waals surface area (Å²) in [6, 6.07) is 53.5. The molecule has 12 nitrogen and oxygen atoms in total. The molecule has 0 aliphatic heterocycles. The van der Waals surface area contributed by atoms with E-state index in [-0.39, 0.29) is 22.7 Å². The van der Waals surface area contributed by atoms with E-state index < -0.39 is 35.5 Å². The van der Waals surface area contributed by atoms with Gasteiger partial charge in [0, 0.05) is 12.1 Å². The van der Waals surface area contributed by atoms with Gasteiger partial charge in [0.1, 0.15) is 40.7 Å². The normalized spacial score (nSPS) is 10.4. The third-order valence-electron chi connectivity index (χ3n) is 13.5. The Bertz CT molecular complexity index is 3450. The van der Waals surface area contributed by atoms with Crippen LogP contribution >= 0.6 is 0 Å². The molecule has 8 rings (SSSR count). The van der Waals surface area contributed by atoms with Crippen LogP contribution in [0.2, 0.25) is 0 Å². The average Bonchev–Trinajstić information content (AvgIpc) is 3.68. The number of carbonyl (C=O) groups excluding carboxylic acids is 4. The van der Waals surface area contributed by atoms with Crippen molar-refractivity contribution in [3.05, 3.63) is 272 Å². The van der Waals surface area contributed by atoms with E-state index in [1.54, 1.807) is 103 Å². The number of carbonyl (C=O) groups is 4.